The first-order valence-corrected chi connectivity index (χ1v) is 30.4. The molecule has 0 aliphatic rings. The predicted molar refractivity (Wildman–Crippen MR) is 347 cm³/mol. The maximum absolute atomic E-state index is 2.54. The van der Waals surface area contributed by atoms with Gasteiger partial charge >= 0.3 is 344 Å². The topological polar surface area (TPSA) is 0 Å². The number of hydrogen-bond donors (Lipinski definition) is 0. The van der Waals surface area contributed by atoms with Crippen molar-refractivity contribution in [2.45, 2.75) is 0 Å². The summed E-state index contributed by atoms with van der Waals surface area (Å²) >= 11 is 3.92. The van der Waals surface area contributed by atoms with Gasteiger partial charge in [-0.2, -0.15) is 0 Å². The summed E-state index contributed by atoms with van der Waals surface area (Å²) in [6.45, 7) is 0. The van der Waals surface area contributed by atoms with Crippen molar-refractivity contribution in [2.24, 2.45) is 0 Å². The third kappa shape index (κ3) is 7.04. The van der Waals surface area contributed by atoms with Gasteiger partial charge < -0.3 is 0 Å². The minimum atomic E-state index is 0.157. The fourth-order valence-corrected chi connectivity index (χ4v) is 17.6. The van der Waals surface area contributed by atoms with Gasteiger partial charge in [0.15, 0.2) is 0 Å². The van der Waals surface area contributed by atoms with Crippen molar-refractivity contribution in [2.75, 3.05) is 0 Å². The van der Waals surface area contributed by atoms with Crippen molar-refractivity contribution in [3.8, 4) is 66.8 Å². The number of benzene rings is 14. The van der Waals surface area contributed by atoms with Crippen molar-refractivity contribution in [1.82, 2.24) is 0 Å². The summed E-state index contributed by atoms with van der Waals surface area (Å²) in [4.78, 5) is 0. The van der Waals surface area contributed by atoms with Crippen molar-refractivity contribution >= 4 is 140 Å². The summed E-state index contributed by atoms with van der Waals surface area (Å²) in [7, 11) is 0. The molecule has 0 saturated heterocycles. The summed E-state index contributed by atoms with van der Waals surface area (Å²) in [5, 5.41) is 18.2. The third-order valence-electron chi connectivity index (χ3n) is 16.6. The fraction of sp³-hybridized carbons (Fsp3) is 0. The van der Waals surface area contributed by atoms with Gasteiger partial charge in [-0.3, -0.25) is 0 Å². The summed E-state index contributed by atoms with van der Waals surface area (Å²) in [5.41, 5.74) is 15.2. The molecule has 0 N–H and O–H groups in total. The normalized spacial score (nSPS) is 12.1. The van der Waals surface area contributed by atoms with E-state index in [1.165, 1.54) is 169 Å². The van der Waals surface area contributed by atoms with Crippen LogP contribution >= 0.6 is 22.7 Å². The molecule has 17 rings (SSSR count). The fourth-order valence-electron chi connectivity index (χ4n) is 13.2. The first kappa shape index (κ1) is 45.1. The quantitative estimate of drug-likeness (QED) is 0.115. The van der Waals surface area contributed by atoms with E-state index in [0.29, 0.717) is 0 Å². The SMILES string of the molecule is c1ccc(-c2ccc3sc4ccc(-c5c6ccccc6c(-c6ccc7[se]c8cccc(-c9c%10ccccc%10c(-c%10ccc%11sc%12ccc(-c%13ccccc%13)cc%12c%11c%10)c%10ccccc9%10)c8c7c6)c6ccccc56)cc4c3c2)cc1. The van der Waals surface area contributed by atoms with E-state index in [2.05, 4.69) is 267 Å². The molecule has 0 spiro atoms. The second-order valence-electron chi connectivity index (χ2n) is 21.0. The molecule has 17 aromatic rings. The van der Waals surface area contributed by atoms with Crippen LogP contribution < -0.4 is 0 Å². The molecule has 0 fully saturated rings. The van der Waals surface area contributed by atoms with Crippen molar-refractivity contribution in [1.29, 1.82) is 0 Å². The van der Waals surface area contributed by atoms with Crippen molar-refractivity contribution in [3.63, 3.8) is 0 Å². The average molecular weight is 1100 g/mol. The Balaban J connectivity index is 0.850. The number of fused-ring (bicyclic) bond motifs is 13. The smallest absolute Gasteiger partial charge is 0.0617 e. The van der Waals surface area contributed by atoms with Crippen LogP contribution in [0.1, 0.15) is 0 Å². The van der Waals surface area contributed by atoms with E-state index in [1.807, 2.05) is 22.7 Å². The zero-order valence-electron chi connectivity index (χ0n) is 42.6. The first-order chi connectivity index (χ1) is 39.2. The molecule has 79 heavy (non-hydrogen) atoms. The molecule has 0 nitrogen and oxygen atoms in total. The van der Waals surface area contributed by atoms with Gasteiger partial charge in [-0.25, -0.2) is 0 Å². The van der Waals surface area contributed by atoms with Gasteiger partial charge in [0, 0.05) is 4.70 Å². The predicted octanol–water partition coefficient (Wildman–Crippen LogP) is 22.4. The minimum absolute atomic E-state index is 0.157. The van der Waals surface area contributed by atoms with Gasteiger partial charge in [0.1, 0.15) is 0 Å². The van der Waals surface area contributed by atoms with E-state index in [1.54, 1.807) is 0 Å². The van der Waals surface area contributed by atoms with E-state index in [0.717, 1.165) is 0 Å². The Kier molecular flexibility index (Phi) is 10.2. The minimum Gasteiger partial charge on any atom is -0.0617 e. The molecule has 366 valence electrons. The average Bonchev–Trinajstić information content (AvgIpc) is 4.39. The molecule has 0 saturated carbocycles. The molecule has 0 unspecified atom stereocenters. The number of thiophene rings is 2. The van der Waals surface area contributed by atoms with Crippen molar-refractivity contribution < 1.29 is 0 Å². The molecule has 14 aromatic carbocycles. The molecule has 0 bridgehead atoms. The van der Waals surface area contributed by atoms with Gasteiger partial charge in [0.25, 0.3) is 0 Å². The van der Waals surface area contributed by atoms with Crippen LogP contribution in [0.3, 0.4) is 0 Å². The monoisotopic (exact) mass is 1100 g/mol. The molecule has 3 heterocycles. The summed E-state index contributed by atoms with van der Waals surface area (Å²) in [6, 6.07) is 101. The molecule has 0 amide bonds. The van der Waals surface area contributed by atoms with Gasteiger partial charge in [-0.05, 0) is 40.5 Å². The Bertz CT molecular complexity index is 5250. The van der Waals surface area contributed by atoms with E-state index in [-0.39, 0.29) is 14.5 Å². The summed E-state index contributed by atoms with van der Waals surface area (Å²) in [5.74, 6) is 0. The molecular weight excluding hydrogens is 1060 g/mol. The van der Waals surface area contributed by atoms with Crippen LogP contribution in [-0.4, -0.2) is 14.5 Å². The summed E-state index contributed by atoms with van der Waals surface area (Å²) in [6.07, 6.45) is 0. The Morgan fingerprint density at radius 1 is 0.203 bits per heavy atom. The van der Waals surface area contributed by atoms with Gasteiger partial charge in [0.05, 0.1) is 0 Å². The van der Waals surface area contributed by atoms with Crippen LogP contribution in [-0.2, 0) is 0 Å². The standard InChI is InChI=1S/C76H44S2Se/c1-3-16-45(17-4-1)47-30-35-66-61(40-47)63-42-49(32-37-68(63)77-66)72-52-20-7-9-22-54(52)74(55-23-10-8-21-53(55)72)51-34-39-70-65(44-51)76-60(28-15-29-71(76)79-70)75-58-26-13-11-24-56(58)73(57-25-12-14-27-59(57)75)50-33-38-69-64(43-50)62-41-48(31-36-67(62)78-69)46-18-5-2-6-19-46/h1-44H. The van der Waals surface area contributed by atoms with Crippen LogP contribution in [0.15, 0.2) is 267 Å². The maximum atomic E-state index is 2.54. The van der Waals surface area contributed by atoms with E-state index < -0.39 is 0 Å². The van der Waals surface area contributed by atoms with E-state index >= 15 is 0 Å². The van der Waals surface area contributed by atoms with Crippen LogP contribution in [0.2, 0.25) is 0 Å². The molecule has 3 heteroatoms. The third-order valence-corrected chi connectivity index (χ3v) is 21.3. The van der Waals surface area contributed by atoms with Crippen LogP contribution in [0.25, 0.3) is 169 Å². The van der Waals surface area contributed by atoms with Crippen LogP contribution in [0, 0.1) is 0 Å². The molecule has 0 aliphatic heterocycles. The van der Waals surface area contributed by atoms with Gasteiger partial charge in [-0.15, -0.1) is 11.3 Å². The van der Waals surface area contributed by atoms with Crippen molar-refractivity contribution in [3.05, 3.63) is 267 Å². The Morgan fingerprint density at radius 2 is 0.532 bits per heavy atom. The first-order valence-electron chi connectivity index (χ1n) is 27.0. The zero-order chi connectivity index (χ0) is 51.7. The van der Waals surface area contributed by atoms with Crippen LogP contribution in [0.5, 0.6) is 0 Å². The second kappa shape index (κ2) is 17.8. The van der Waals surface area contributed by atoms with Crippen LogP contribution in [0.4, 0.5) is 0 Å². The van der Waals surface area contributed by atoms with Gasteiger partial charge in [0.2, 0.25) is 0 Å². The number of hydrogen-bond acceptors (Lipinski definition) is 2. The Hall–Kier alpha value is -8.92. The molecule has 0 aliphatic carbocycles. The summed E-state index contributed by atoms with van der Waals surface area (Å²) < 4.78 is 8.14. The Labute approximate surface area is 470 Å². The Morgan fingerprint density at radius 3 is 0.937 bits per heavy atom. The molecular formula is C76H44S2Se. The van der Waals surface area contributed by atoms with E-state index in [4.69, 9.17) is 0 Å². The molecule has 3 aromatic heterocycles. The molecule has 0 atom stereocenters. The second-order valence-corrected chi connectivity index (χ2v) is 25.4. The number of rotatable bonds is 6. The zero-order valence-corrected chi connectivity index (χ0v) is 46.0. The molecule has 0 radical (unpaired) electrons. The van der Waals surface area contributed by atoms with E-state index in [9.17, 15) is 0 Å². The van der Waals surface area contributed by atoms with Gasteiger partial charge in [-0.1, -0.05) is 72.8 Å².